The molecule has 8 heteroatoms. The molecule has 0 aliphatic carbocycles. The molecular weight excluding hydrogens is 318 g/mol. The summed E-state index contributed by atoms with van der Waals surface area (Å²) in [6.45, 7) is 1.05. The van der Waals surface area contributed by atoms with E-state index in [1.807, 2.05) is 24.3 Å². The van der Waals surface area contributed by atoms with Gasteiger partial charge >= 0.3 is 0 Å². The van der Waals surface area contributed by atoms with Crippen LogP contribution in [0, 0.1) is 5.92 Å². The summed E-state index contributed by atoms with van der Waals surface area (Å²) >= 11 is 0. The minimum absolute atomic E-state index is 0.0409. The molecule has 1 aromatic carbocycles. The fraction of sp³-hybridized carbons (Fsp3) is 0.533. The first-order chi connectivity index (χ1) is 10.9. The number of ether oxygens (including phenoxy) is 1. The summed E-state index contributed by atoms with van der Waals surface area (Å²) < 4.78 is 29.5. The lowest BCUT2D eigenvalue weighted by Crippen LogP contribution is -2.46. The van der Waals surface area contributed by atoms with Crippen molar-refractivity contribution in [3.63, 3.8) is 0 Å². The second-order valence-electron chi connectivity index (χ2n) is 6.02. The summed E-state index contributed by atoms with van der Waals surface area (Å²) in [4.78, 5) is 12.2. The Morgan fingerprint density at radius 1 is 1.30 bits per heavy atom. The van der Waals surface area contributed by atoms with Crippen molar-refractivity contribution in [3.05, 3.63) is 29.8 Å². The highest BCUT2D eigenvalue weighted by molar-refractivity contribution is 7.86. The zero-order valence-electron chi connectivity index (χ0n) is 12.8. The van der Waals surface area contributed by atoms with Crippen molar-refractivity contribution in [2.75, 3.05) is 19.6 Å². The molecule has 2 heterocycles. The van der Waals surface area contributed by atoms with Gasteiger partial charge in [-0.1, -0.05) is 18.2 Å². The normalized spacial score (nSPS) is 22.4. The largest absolute Gasteiger partial charge is 0.488 e. The molecule has 0 aromatic heterocycles. The van der Waals surface area contributed by atoms with E-state index in [1.165, 1.54) is 4.31 Å². The molecule has 2 aliphatic rings. The highest BCUT2D eigenvalue weighted by Crippen LogP contribution is 2.27. The second-order valence-corrected chi connectivity index (χ2v) is 7.56. The van der Waals surface area contributed by atoms with E-state index >= 15 is 0 Å². The lowest BCUT2D eigenvalue weighted by atomic mass is 9.97. The summed E-state index contributed by atoms with van der Waals surface area (Å²) in [5, 5.41) is 8.02. The number of rotatable bonds is 4. The molecule has 126 valence electrons. The van der Waals surface area contributed by atoms with E-state index in [2.05, 4.69) is 5.32 Å². The van der Waals surface area contributed by atoms with Crippen LogP contribution in [0.15, 0.2) is 24.3 Å². The molecule has 0 radical (unpaired) electrons. The third-order valence-electron chi connectivity index (χ3n) is 4.40. The van der Waals surface area contributed by atoms with E-state index in [4.69, 9.17) is 9.88 Å². The molecule has 0 spiro atoms. The van der Waals surface area contributed by atoms with Crippen molar-refractivity contribution < 1.29 is 17.9 Å². The summed E-state index contributed by atoms with van der Waals surface area (Å²) in [6, 6.07) is 7.86. The highest BCUT2D eigenvalue weighted by Gasteiger charge is 2.30. The first-order valence-electron chi connectivity index (χ1n) is 7.73. The molecule has 0 bridgehead atoms. The number of nitrogens with zero attached hydrogens (tertiary/aromatic N) is 1. The number of amides is 1. The number of hydrogen-bond acceptors (Lipinski definition) is 4. The van der Waals surface area contributed by atoms with Crippen molar-refractivity contribution in [2.24, 2.45) is 11.1 Å². The lowest BCUT2D eigenvalue weighted by Gasteiger charge is -2.29. The van der Waals surface area contributed by atoms with Gasteiger partial charge in [-0.2, -0.15) is 12.7 Å². The first kappa shape index (κ1) is 16.2. The maximum atomic E-state index is 12.2. The molecule has 1 atom stereocenters. The van der Waals surface area contributed by atoms with Gasteiger partial charge in [-0.25, -0.2) is 5.14 Å². The quantitative estimate of drug-likeness (QED) is 0.807. The molecule has 3 N–H and O–H groups in total. The zero-order chi connectivity index (χ0) is 16.4. The van der Waals surface area contributed by atoms with Gasteiger partial charge in [0.05, 0.1) is 6.54 Å². The number of nitrogens with two attached hydrogens (primary N) is 1. The highest BCUT2D eigenvalue weighted by atomic mass is 32.2. The van der Waals surface area contributed by atoms with E-state index in [0.29, 0.717) is 32.5 Å². The van der Waals surface area contributed by atoms with Crippen molar-refractivity contribution in [1.82, 2.24) is 9.62 Å². The molecule has 3 rings (SSSR count). The number of nitrogens with one attached hydrogen (secondary N) is 1. The number of carbonyl (C=O) groups is 1. The van der Waals surface area contributed by atoms with Crippen molar-refractivity contribution in [2.45, 2.75) is 25.4 Å². The Bertz CT molecular complexity index is 659. The lowest BCUT2D eigenvalue weighted by molar-refractivity contribution is -0.126. The third kappa shape index (κ3) is 3.82. The molecule has 0 unspecified atom stereocenters. The molecule has 7 nitrogen and oxygen atoms in total. The number of fused-ring (bicyclic) bond motifs is 1. The maximum Gasteiger partial charge on any atom is 0.276 e. The smallest absolute Gasteiger partial charge is 0.276 e. The van der Waals surface area contributed by atoms with Crippen LogP contribution in [0.4, 0.5) is 0 Å². The molecule has 23 heavy (non-hydrogen) atoms. The van der Waals surface area contributed by atoms with Gasteiger partial charge in [0.25, 0.3) is 10.2 Å². The van der Waals surface area contributed by atoms with E-state index in [9.17, 15) is 13.2 Å². The first-order valence-corrected chi connectivity index (χ1v) is 9.24. The second kappa shape index (κ2) is 6.46. The van der Waals surface area contributed by atoms with Gasteiger partial charge in [0, 0.05) is 25.4 Å². The van der Waals surface area contributed by atoms with Gasteiger partial charge in [0.15, 0.2) is 0 Å². The molecular formula is C15H21N3O4S. The Balaban J connectivity index is 1.45. The Labute approximate surface area is 136 Å². The zero-order valence-corrected chi connectivity index (χ0v) is 13.6. The Hall–Kier alpha value is -1.64. The number of piperidine rings is 1. The minimum atomic E-state index is -3.65. The van der Waals surface area contributed by atoms with Gasteiger partial charge in [0.1, 0.15) is 11.9 Å². The van der Waals surface area contributed by atoms with Crippen LogP contribution in [-0.4, -0.2) is 44.4 Å². The molecule has 1 saturated heterocycles. The maximum absolute atomic E-state index is 12.2. The van der Waals surface area contributed by atoms with E-state index in [-0.39, 0.29) is 17.9 Å². The van der Waals surface area contributed by atoms with Crippen molar-refractivity contribution >= 4 is 16.1 Å². The van der Waals surface area contributed by atoms with E-state index < -0.39 is 10.2 Å². The molecule has 1 fully saturated rings. The number of carbonyl (C=O) groups excluding carboxylic acids is 1. The topological polar surface area (TPSA) is 102 Å². The van der Waals surface area contributed by atoms with Gasteiger partial charge in [0.2, 0.25) is 5.91 Å². The summed E-state index contributed by atoms with van der Waals surface area (Å²) in [5.41, 5.74) is 1.16. The van der Waals surface area contributed by atoms with E-state index in [0.717, 1.165) is 17.7 Å². The van der Waals surface area contributed by atoms with Gasteiger partial charge < -0.3 is 10.1 Å². The van der Waals surface area contributed by atoms with Crippen molar-refractivity contribution in [3.8, 4) is 5.75 Å². The van der Waals surface area contributed by atoms with E-state index in [1.54, 1.807) is 0 Å². The Kier molecular flexibility index (Phi) is 4.56. The average Bonchev–Trinajstić information content (AvgIpc) is 2.95. The third-order valence-corrected chi connectivity index (χ3v) is 5.49. The fourth-order valence-electron chi connectivity index (χ4n) is 3.10. The minimum Gasteiger partial charge on any atom is -0.488 e. The monoisotopic (exact) mass is 339 g/mol. The summed E-state index contributed by atoms with van der Waals surface area (Å²) in [6.07, 6.45) is 1.74. The van der Waals surface area contributed by atoms with Crippen LogP contribution in [0.2, 0.25) is 0 Å². The predicted octanol–water partition coefficient (Wildman–Crippen LogP) is 0.0218. The number of para-hydroxylation sites is 1. The van der Waals surface area contributed by atoms with Crippen LogP contribution < -0.4 is 15.2 Å². The van der Waals surface area contributed by atoms with Crippen LogP contribution in [0.25, 0.3) is 0 Å². The fourth-order valence-corrected chi connectivity index (χ4v) is 3.82. The van der Waals surface area contributed by atoms with Crippen LogP contribution in [0.1, 0.15) is 18.4 Å². The Morgan fingerprint density at radius 3 is 2.65 bits per heavy atom. The average molecular weight is 339 g/mol. The van der Waals surface area contributed by atoms with Crippen molar-refractivity contribution in [1.29, 1.82) is 0 Å². The Morgan fingerprint density at radius 2 is 2.00 bits per heavy atom. The van der Waals surface area contributed by atoms with Crippen LogP contribution in [-0.2, 0) is 21.4 Å². The summed E-state index contributed by atoms with van der Waals surface area (Å²) in [5.74, 6) is 0.670. The predicted molar refractivity (Wildman–Crippen MR) is 85.0 cm³/mol. The molecule has 2 aliphatic heterocycles. The van der Waals surface area contributed by atoms with Crippen LogP contribution >= 0.6 is 0 Å². The van der Waals surface area contributed by atoms with Crippen LogP contribution in [0.5, 0.6) is 5.75 Å². The SMILES string of the molecule is NS(=O)(=O)N1CCC(C(=O)NC[C@H]2Cc3ccccc3O2)CC1. The summed E-state index contributed by atoms with van der Waals surface area (Å²) in [7, 11) is -3.65. The van der Waals surface area contributed by atoms with Gasteiger partial charge in [-0.3, -0.25) is 4.79 Å². The molecule has 1 aromatic rings. The standard InChI is InChI=1S/C15H21N3O4S/c16-23(20,21)18-7-5-11(6-8-18)15(19)17-10-13-9-12-3-1-2-4-14(12)22-13/h1-4,11,13H,5-10H2,(H,17,19)(H2,16,20,21)/t13-/m1/s1. The molecule has 1 amide bonds. The number of hydrogen-bond donors (Lipinski definition) is 2. The number of benzene rings is 1. The molecule has 0 saturated carbocycles. The van der Waals surface area contributed by atoms with Gasteiger partial charge in [-0.15, -0.1) is 0 Å². The van der Waals surface area contributed by atoms with Gasteiger partial charge in [-0.05, 0) is 24.5 Å². The van der Waals surface area contributed by atoms with Crippen LogP contribution in [0.3, 0.4) is 0 Å².